The van der Waals surface area contributed by atoms with E-state index in [1.54, 1.807) is 72.7 Å². The van der Waals surface area contributed by atoms with Crippen molar-refractivity contribution in [3.8, 4) is 5.75 Å². The lowest BCUT2D eigenvalue weighted by atomic mass is 10.0. The van der Waals surface area contributed by atoms with Gasteiger partial charge in [0.25, 0.3) is 0 Å². The Bertz CT molecular complexity index is 1290. The van der Waals surface area contributed by atoms with Gasteiger partial charge in [0.15, 0.2) is 5.37 Å². The van der Waals surface area contributed by atoms with E-state index in [2.05, 4.69) is 4.99 Å². The summed E-state index contributed by atoms with van der Waals surface area (Å²) >= 11 is 0. The Morgan fingerprint density at radius 3 is 2.30 bits per heavy atom. The van der Waals surface area contributed by atoms with Crippen molar-refractivity contribution < 1.29 is 22.7 Å². The number of ether oxygens (including phenoxy) is 2. The lowest BCUT2D eigenvalue weighted by Crippen LogP contribution is -2.33. The molecule has 33 heavy (non-hydrogen) atoms. The summed E-state index contributed by atoms with van der Waals surface area (Å²) in [5.74, 6) is 0.188. The molecule has 0 fully saturated rings. The summed E-state index contributed by atoms with van der Waals surface area (Å²) in [5, 5.41) is -1.07. The van der Waals surface area contributed by atoms with Gasteiger partial charge in [-0.05, 0) is 55.0 Å². The molecular formula is C25H24N2O5S. The number of rotatable bonds is 6. The first-order chi connectivity index (χ1) is 15.8. The lowest BCUT2D eigenvalue weighted by Gasteiger charge is -2.29. The van der Waals surface area contributed by atoms with Crippen molar-refractivity contribution in [2.24, 2.45) is 4.99 Å². The molecule has 0 amide bonds. The highest BCUT2D eigenvalue weighted by Gasteiger charge is 2.42. The molecule has 8 heteroatoms. The normalized spacial score (nSPS) is 17.7. The van der Waals surface area contributed by atoms with Crippen LogP contribution in [0, 0.1) is 6.92 Å². The Hall–Kier alpha value is -3.65. The van der Waals surface area contributed by atoms with Gasteiger partial charge in [0.1, 0.15) is 5.75 Å². The van der Waals surface area contributed by atoms with Crippen LogP contribution in [0.4, 0.5) is 5.69 Å². The monoisotopic (exact) mass is 464 g/mol. The number of esters is 1. The fourth-order valence-electron chi connectivity index (χ4n) is 3.81. The number of benzene rings is 3. The van der Waals surface area contributed by atoms with E-state index in [0.29, 0.717) is 17.0 Å². The minimum absolute atomic E-state index is 0.207. The van der Waals surface area contributed by atoms with E-state index in [1.807, 2.05) is 19.1 Å². The SMILES string of the molecule is COC(=O)c1cccc(N2C=NC(S(=O)(=O)c3ccc(C)cc3)C2c2ccc(OC)cc2)c1. The topological polar surface area (TPSA) is 85.3 Å². The predicted molar refractivity (Wildman–Crippen MR) is 127 cm³/mol. The fraction of sp³-hybridized carbons (Fsp3) is 0.200. The van der Waals surface area contributed by atoms with Crippen LogP contribution in [0.2, 0.25) is 0 Å². The highest BCUT2D eigenvalue weighted by atomic mass is 32.2. The van der Waals surface area contributed by atoms with Gasteiger partial charge in [0, 0.05) is 5.69 Å². The van der Waals surface area contributed by atoms with Gasteiger partial charge in [0.05, 0.1) is 37.1 Å². The van der Waals surface area contributed by atoms with Gasteiger partial charge in [-0.2, -0.15) is 0 Å². The minimum Gasteiger partial charge on any atom is -0.497 e. The third-order valence-corrected chi connectivity index (χ3v) is 7.54. The molecule has 0 aromatic heterocycles. The molecule has 1 heterocycles. The van der Waals surface area contributed by atoms with Gasteiger partial charge in [-0.1, -0.05) is 35.9 Å². The average molecular weight is 465 g/mol. The van der Waals surface area contributed by atoms with Crippen LogP contribution < -0.4 is 9.64 Å². The smallest absolute Gasteiger partial charge is 0.337 e. The highest BCUT2D eigenvalue weighted by molar-refractivity contribution is 7.92. The van der Waals surface area contributed by atoms with Crippen molar-refractivity contribution in [1.29, 1.82) is 0 Å². The summed E-state index contributed by atoms with van der Waals surface area (Å²) in [7, 11) is -0.914. The van der Waals surface area contributed by atoms with Gasteiger partial charge in [-0.25, -0.2) is 13.2 Å². The largest absolute Gasteiger partial charge is 0.497 e. The summed E-state index contributed by atoms with van der Waals surface area (Å²) in [6, 6.07) is 20.2. The van der Waals surface area contributed by atoms with Crippen LogP contribution >= 0.6 is 0 Å². The standard InChI is InChI=1S/C25H24N2O5S/c1-17-7-13-22(14-8-17)33(29,30)24-23(18-9-11-21(31-2)12-10-18)27(16-26-24)20-6-4-5-19(15-20)25(28)32-3/h4-16,23-24H,1-3H3. The summed E-state index contributed by atoms with van der Waals surface area (Å²) in [6.07, 6.45) is 1.52. The third-order valence-electron chi connectivity index (χ3n) is 5.60. The molecule has 0 saturated heterocycles. The van der Waals surface area contributed by atoms with Crippen molar-refractivity contribution >= 4 is 27.8 Å². The first kappa shape index (κ1) is 22.5. The molecule has 0 spiro atoms. The van der Waals surface area contributed by atoms with Crippen LogP contribution in [0.5, 0.6) is 5.75 Å². The van der Waals surface area contributed by atoms with Gasteiger partial charge in [-0.15, -0.1) is 0 Å². The number of hydrogen-bond donors (Lipinski definition) is 0. The number of hydrogen-bond acceptors (Lipinski definition) is 7. The van der Waals surface area contributed by atoms with Crippen molar-refractivity contribution in [2.45, 2.75) is 23.2 Å². The fourth-order valence-corrected chi connectivity index (χ4v) is 5.45. The molecule has 0 radical (unpaired) electrons. The first-order valence-corrected chi connectivity index (χ1v) is 11.8. The third kappa shape index (κ3) is 4.34. The van der Waals surface area contributed by atoms with Gasteiger partial charge in [0.2, 0.25) is 9.84 Å². The molecule has 3 aromatic rings. The predicted octanol–water partition coefficient (Wildman–Crippen LogP) is 4.18. The van der Waals surface area contributed by atoms with Crippen LogP contribution in [0.25, 0.3) is 0 Å². The zero-order chi connectivity index (χ0) is 23.6. The molecule has 4 rings (SSSR count). The number of anilines is 1. The number of sulfone groups is 1. The summed E-state index contributed by atoms with van der Waals surface area (Å²) < 4.78 is 37.3. The number of aryl methyl sites for hydroxylation is 1. The Labute approximate surface area is 193 Å². The first-order valence-electron chi connectivity index (χ1n) is 10.3. The zero-order valence-electron chi connectivity index (χ0n) is 18.5. The van der Waals surface area contributed by atoms with E-state index in [-0.39, 0.29) is 4.90 Å². The number of methoxy groups -OCH3 is 2. The molecule has 1 aliphatic heterocycles. The van der Waals surface area contributed by atoms with Gasteiger partial charge >= 0.3 is 5.97 Å². The second-order valence-electron chi connectivity index (χ2n) is 7.68. The van der Waals surface area contributed by atoms with Gasteiger partial charge in [-0.3, -0.25) is 4.99 Å². The van der Waals surface area contributed by atoms with Crippen LogP contribution in [-0.2, 0) is 14.6 Å². The molecule has 0 bridgehead atoms. The van der Waals surface area contributed by atoms with Crippen LogP contribution in [0.3, 0.4) is 0 Å². The molecule has 3 aromatic carbocycles. The Morgan fingerprint density at radius 2 is 1.67 bits per heavy atom. The lowest BCUT2D eigenvalue weighted by molar-refractivity contribution is 0.0600. The van der Waals surface area contributed by atoms with E-state index in [9.17, 15) is 13.2 Å². The maximum Gasteiger partial charge on any atom is 0.337 e. The van der Waals surface area contributed by atoms with Gasteiger partial charge < -0.3 is 14.4 Å². The second-order valence-corrected chi connectivity index (χ2v) is 9.72. The highest BCUT2D eigenvalue weighted by Crippen LogP contribution is 2.39. The molecule has 0 saturated carbocycles. The molecule has 7 nitrogen and oxygen atoms in total. The molecular weight excluding hydrogens is 440 g/mol. The number of carbonyl (C=O) groups excluding carboxylic acids is 1. The summed E-state index contributed by atoms with van der Waals surface area (Å²) in [4.78, 5) is 18.5. The quantitative estimate of drug-likeness (QED) is 0.509. The Kier molecular flexibility index (Phi) is 6.20. The molecule has 2 unspecified atom stereocenters. The van der Waals surface area contributed by atoms with E-state index in [4.69, 9.17) is 9.47 Å². The Morgan fingerprint density at radius 1 is 0.970 bits per heavy atom. The minimum atomic E-state index is -3.80. The van der Waals surface area contributed by atoms with Crippen LogP contribution in [0.1, 0.15) is 27.5 Å². The molecule has 170 valence electrons. The molecule has 0 N–H and O–H groups in total. The number of nitrogens with zero attached hydrogens (tertiary/aromatic N) is 2. The summed E-state index contributed by atoms with van der Waals surface area (Å²) in [5.41, 5.74) is 2.71. The zero-order valence-corrected chi connectivity index (χ0v) is 19.3. The van der Waals surface area contributed by atoms with Crippen molar-refractivity contribution in [3.63, 3.8) is 0 Å². The average Bonchev–Trinajstić information content (AvgIpc) is 3.30. The maximum absolute atomic E-state index is 13.6. The Balaban J connectivity index is 1.80. The van der Waals surface area contributed by atoms with Crippen LogP contribution in [0.15, 0.2) is 82.7 Å². The summed E-state index contributed by atoms with van der Waals surface area (Å²) in [6.45, 7) is 1.90. The number of carbonyl (C=O) groups is 1. The molecule has 2 atom stereocenters. The van der Waals surface area contributed by atoms with E-state index < -0.39 is 27.2 Å². The van der Waals surface area contributed by atoms with Crippen molar-refractivity contribution in [3.05, 3.63) is 89.5 Å². The van der Waals surface area contributed by atoms with E-state index >= 15 is 0 Å². The maximum atomic E-state index is 13.6. The van der Waals surface area contributed by atoms with E-state index in [0.717, 1.165) is 11.1 Å². The van der Waals surface area contributed by atoms with E-state index in [1.165, 1.54) is 13.4 Å². The van der Waals surface area contributed by atoms with Crippen molar-refractivity contribution in [2.75, 3.05) is 19.1 Å². The van der Waals surface area contributed by atoms with Crippen molar-refractivity contribution in [1.82, 2.24) is 0 Å². The van der Waals surface area contributed by atoms with Crippen LogP contribution in [-0.4, -0.2) is 40.3 Å². The molecule has 1 aliphatic rings. The second kappa shape index (κ2) is 9.07. The number of aliphatic imine (C=N–C) groups is 1. The molecule has 0 aliphatic carbocycles.